The van der Waals surface area contributed by atoms with E-state index in [1.807, 2.05) is 0 Å². The van der Waals surface area contributed by atoms with Crippen LogP contribution in [0.25, 0.3) is 0 Å². The van der Waals surface area contributed by atoms with Crippen molar-refractivity contribution in [3.63, 3.8) is 0 Å². The molecule has 0 atom stereocenters. The molecule has 0 aliphatic carbocycles. The molecule has 0 saturated carbocycles. The lowest BCUT2D eigenvalue weighted by atomic mass is 10.3. The molecule has 0 saturated heterocycles. The summed E-state index contributed by atoms with van der Waals surface area (Å²) in [6.45, 7) is 1.27. The van der Waals surface area contributed by atoms with Crippen molar-refractivity contribution in [3.05, 3.63) is 58.3 Å². The Labute approximate surface area is 171 Å². The van der Waals surface area contributed by atoms with E-state index in [0.717, 1.165) is 16.7 Å². The molecule has 11 nitrogen and oxygen atoms in total. The van der Waals surface area contributed by atoms with E-state index < -0.39 is 32.2 Å². The molecule has 0 unspecified atom stereocenters. The Kier molecular flexibility index (Phi) is 7.36. The van der Waals surface area contributed by atoms with E-state index in [9.17, 15) is 22.4 Å². The van der Waals surface area contributed by atoms with E-state index in [0.29, 0.717) is 5.69 Å². The molecule has 0 aliphatic heterocycles. The summed E-state index contributed by atoms with van der Waals surface area (Å²) in [4.78, 5) is 28.9. The van der Waals surface area contributed by atoms with Crippen LogP contribution < -0.4 is 27.1 Å². The van der Waals surface area contributed by atoms with Crippen molar-refractivity contribution in [1.82, 2.24) is 9.88 Å². The molecule has 1 aromatic carbocycles. The number of rotatable bonds is 9. The van der Waals surface area contributed by atoms with E-state index in [4.69, 9.17) is 16.3 Å². The molecule has 0 aliphatic rings. The first kappa shape index (κ1) is 22.7. The average molecular weight is 440 g/mol. The number of nitrogens with zero attached hydrogens (tertiary/aromatic N) is 2. The summed E-state index contributed by atoms with van der Waals surface area (Å²) in [5.74, 6) is -1.75. The Morgan fingerprint density at radius 1 is 1.23 bits per heavy atom. The van der Waals surface area contributed by atoms with Crippen LogP contribution in [0, 0.1) is 12.7 Å². The van der Waals surface area contributed by atoms with Gasteiger partial charge in [0, 0.05) is 5.69 Å². The number of aromatic nitrogens is 1. The van der Waals surface area contributed by atoms with E-state index in [-0.39, 0.29) is 31.3 Å². The summed E-state index contributed by atoms with van der Waals surface area (Å²) in [5, 5.41) is 5.78. The van der Waals surface area contributed by atoms with E-state index in [1.54, 1.807) is 6.92 Å². The fourth-order valence-corrected chi connectivity index (χ4v) is 3.50. The summed E-state index contributed by atoms with van der Waals surface area (Å²) < 4.78 is 41.8. The number of nitrogens with one attached hydrogen (secondary N) is 2. The van der Waals surface area contributed by atoms with Gasteiger partial charge in [0.2, 0.25) is 11.9 Å². The van der Waals surface area contributed by atoms with Gasteiger partial charge in [0.15, 0.2) is 0 Å². The maximum atomic E-state index is 13.8. The number of guanidine groups is 1. The largest absolute Gasteiger partial charge is 0.391 e. The van der Waals surface area contributed by atoms with Crippen molar-refractivity contribution in [3.8, 4) is 0 Å². The van der Waals surface area contributed by atoms with Crippen LogP contribution in [0.4, 0.5) is 10.1 Å². The van der Waals surface area contributed by atoms with Crippen LogP contribution in [0.15, 0.2) is 51.2 Å². The van der Waals surface area contributed by atoms with Crippen molar-refractivity contribution in [2.24, 2.45) is 16.6 Å². The Morgan fingerprint density at radius 3 is 2.60 bits per heavy atom. The van der Waals surface area contributed by atoms with Crippen molar-refractivity contribution in [1.29, 1.82) is 0 Å². The van der Waals surface area contributed by atoms with Crippen LogP contribution in [0.1, 0.15) is 5.69 Å². The van der Waals surface area contributed by atoms with Gasteiger partial charge in [0.1, 0.15) is 29.6 Å². The zero-order valence-corrected chi connectivity index (χ0v) is 16.8. The second-order valence-corrected chi connectivity index (χ2v) is 7.67. The molecule has 2 aromatic rings. The number of sulfonamides is 1. The lowest BCUT2D eigenvalue weighted by Crippen LogP contribution is -2.36. The topological polar surface area (TPSA) is 171 Å². The Hall–Kier alpha value is -3.61. The second-order valence-electron chi connectivity index (χ2n) is 6.01. The lowest BCUT2D eigenvalue weighted by Gasteiger charge is -2.13. The van der Waals surface area contributed by atoms with Crippen molar-refractivity contribution >= 4 is 27.6 Å². The summed E-state index contributed by atoms with van der Waals surface area (Å²) in [5.41, 5.74) is 9.49. The molecule has 1 aromatic heterocycles. The second kappa shape index (κ2) is 9.73. The number of anilines is 1. The highest BCUT2D eigenvalue weighted by molar-refractivity contribution is 7.92. The third kappa shape index (κ3) is 5.94. The fourth-order valence-electron chi connectivity index (χ4n) is 2.36. The zero-order chi connectivity index (χ0) is 22.3. The van der Waals surface area contributed by atoms with Gasteiger partial charge in [-0.15, -0.1) is 0 Å². The smallest absolute Gasteiger partial charge is 0.275 e. The van der Waals surface area contributed by atoms with Crippen LogP contribution in [0.3, 0.4) is 0 Å². The molecule has 2 rings (SSSR count). The van der Waals surface area contributed by atoms with E-state index in [1.165, 1.54) is 24.3 Å². The summed E-state index contributed by atoms with van der Waals surface area (Å²) in [7, 11) is -4.34. The predicted molar refractivity (Wildman–Crippen MR) is 107 cm³/mol. The highest BCUT2D eigenvalue weighted by atomic mass is 32.2. The number of hydrogen-bond donors (Lipinski definition) is 4. The van der Waals surface area contributed by atoms with Crippen LogP contribution >= 0.6 is 0 Å². The molecular weight excluding hydrogens is 419 g/mol. The standard InChI is InChI=1S/C17H21FN6O5S/c1-11-6-7-13(23-30(27,28)14-5-3-2-4-12(14)18)16(26)24(11)10-15(25)21-8-9-29-22-17(19)20/h2-7,23H,8-10H2,1H3,(H,21,25)(H4,19,20,22). The minimum absolute atomic E-state index is 0.000000423. The molecule has 0 radical (unpaired) electrons. The fraction of sp³-hybridized carbons (Fsp3) is 0.235. The molecular formula is C17H21FN6O5S. The number of pyridine rings is 1. The van der Waals surface area contributed by atoms with Crippen molar-refractivity contribution < 1.29 is 22.4 Å². The SMILES string of the molecule is Cc1ccc(NS(=O)(=O)c2ccccc2F)c(=O)n1CC(=O)NCCON=C(N)N. The third-order valence-electron chi connectivity index (χ3n) is 3.75. The number of amides is 1. The van der Waals surface area contributed by atoms with Crippen LogP contribution in [0.5, 0.6) is 0 Å². The third-order valence-corrected chi connectivity index (χ3v) is 5.15. The van der Waals surface area contributed by atoms with Gasteiger partial charge >= 0.3 is 0 Å². The van der Waals surface area contributed by atoms with Gasteiger partial charge in [-0.2, -0.15) is 0 Å². The van der Waals surface area contributed by atoms with Gasteiger partial charge in [-0.1, -0.05) is 12.1 Å². The minimum Gasteiger partial charge on any atom is -0.391 e. The van der Waals surface area contributed by atoms with E-state index >= 15 is 0 Å². The maximum absolute atomic E-state index is 13.8. The van der Waals surface area contributed by atoms with E-state index in [2.05, 4.69) is 15.2 Å². The summed E-state index contributed by atoms with van der Waals surface area (Å²) in [6.07, 6.45) is 0. The number of hydrogen-bond acceptors (Lipinski definition) is 6. The summed E-state index contributed by atoms with van der Waals surface area (Å²) >= 11 is 0. The monoisotopic (exact) mass is 440 g/mol. The minimum atomic E-state index is -4.34. The number of nitrogens with two attached hydrogens (primary N) is 2. The van der Waals surface area contributed by atoms with Gasteiger partial charge in [-0.3, -0.25) is 14.3 Å². The Balaban J connectivity index is 2.14. The Bertz CT molecular complexity index is 1110. The first-order chi connectivity index (χ1) is 14.1. The lowest BCUT2D eigenvalue weighted by molar-refractivity contribution is -0.122. The average Bonchev–Trinajstić information content (AvgIpc) is 2.67. The highest BCUT2D eigenvalue weighted by Gasteiger charge is 2.21. The number of carbonyl (C=O) groups excluding carboxylic acids is 1. The molecule has 162 valence electrons. The molecule has 1 amide bonds. The first-order valence-electron chi connectivity index (χ1n) is 8.57. The molecule has 0 fully saturated rings. The van der Waals surface area contributed by atoms with Crippen LogP contribution in [-0.2, 0) is 26.2 Å². The van der Waals surface area contributed by atoms with Crippen LogP contribution in [0.2, 0.25) is 0 Å². The Morgan fingerprint density at radius 2 is 1.93 bits per heavy atom. The van der Waals surface area contributed by atoms with Gasteiger partial charge in [0.25, 0.3) is 15.6 Å². The number of aryl methyl sites for hydroxylation is 1. The zero-order valence-electron chi connectivity index (χ0n) is 16.0. The van der Waals surface area contributed by atoms with Gasteiger partial charge in [0.05, 0.1) is 6.54 Å². The van der Waals surface area contributed by atoms with Gasteiger partial charge in [-0.25, -0.2) is 12.8 Å². The quantitative estimate of drug-likeness (QED) is 0.175. The number of oxime groups is 1. The number of benzene rings is 1. The maximum Gasteiger partial charge on any atom is 0.275 e. The van der Waals surface area contributed by atoms with Crippen molar-refractivity contribution in [2.75, 3.05) is 17.9 Å². The number of halogens is 1. The van der Waals surface area contributed by atoms with Gasteiger partial charge < -0.3 is 26.2 Å². The molecule has 30 heavy (non-hydrogen) atoms. The normalized spacial score (nSPS) is 10.9. The molecule has 13 heteroatoms. The van der Waals surface area contributed by atoms with Crippen molar-refractivity contribution in [2.45, 2.75) is 18.4 Å². The molecule has 0 spiro atoms. The molecule has 6 N–H and O–H groups in total. The van der Waals surface area contributed by atoms with Crippen LogP contribution in [-0.4, -0.2) is 38.0 Å². The molecule has 1 heterocycles. The predicted octanol–water partition coefficient (Wildman–Crippen LogP) is -0.582. The highest BCUT2D eigenvalue weighted by Crippen LogP contribution is 2.17. The first-order valence-corrected chi connectivity index (χ1v) is 10.1. The van der Waals surface area contributed by atoms with Gasteiger partial charge in [-0.05, 0) is 36.3 Å². The number of carbonyl (C=O) groups is 1. The molecule has 0 bridgehead atoms. The summed E-state index contributed by atoms with van der Waals surface area (Å²) in [6, 6.07) is 7.45.